The van der Waals surface area contributed by atoms with Crippen LogP contribution >= 0.6 is 11.3 Å². The van der Waals surface area contributed by atoms with E-state index in [1.807, 2.05) is 23.8 Å². The summed E-state index contributed by atoms with van der Waals surface area (Å²) in [5, 5.41) is 15.5. The van der Waals surface area contributed by atoms with Crippen molar-refractivity contribution in [1.82, 2.24) is 5.32 Å². The first-order chi connectivity index (χ1) is 9.58. The van der Waals surface area contributed by atoms with E-state index in [0.29, 0.717) is 18.5 Å². The van der Waals surface area contributed by atoms with E-state index in [0.717, 1.165) is 11.1 Å². The van der Waals surface area contributed by atoms with Gasteiger partial charge in [0.25, 0.3) is 5.91 Å². The van der Waals surface area contributed by atoms with Gasteiger partial charge < -0.3 is 10.4 Å². The molecule has 0 atom stereocenters. The molecule has 0 fully saturated rings. The molecule has 4 nitrogen and oxygen atoms in total. The highest BCUT2D eigenvalue weighted by Crippen LogP contribution is 2.13. The minimum absolute atomic E-state index is 0.0851. The maximum Gasteiger partial charge on any atom is 0.335 e. The van der Waals surface area contributed by atoms with Gasteiger partial charge in [0.2, 0.25) is 0 Å². The Morgan fingerprint density at radius 1 is 1.30 bits per heavy atom. The number of aromatic carboxylic acids is 1. The molecule has 0 aliphatic heterocycles. The normalized spacial score (nSPS) is 10.2. The molecule has 1 aromatic heterocycles. The van der Waals surface area contributed by atoms with Crippen LogP contribution in [0.1, 0.15) is 31.8 Å². The zero-order valence-corrected chi connectivity index (χ0v) is 11.9. The van der Waals surface area contributed by atoms with Crippen molar-refractivity contribution in [3.05, 3.63) is 57.3 Å². The lowest BCUT2D eigenvalue weighted by molar-refractivity contribution is 0.0696. The Hall–Kier alpha value is -2.14. The molecule has 0 aliphatic carbocycles. The highest BCUT2D eigenvalue weighted by molar-refractivity contribution is 7.08. The number of nitrogens with one attached hydrogen (secondary N) is 1. The summed E-state index contributed by atoms with van der Waals surface area (Å²) in [6.07, 6.45) is 0.607. The van der Waals surface area contributed by atoms with E-state index in [1.165, 1.54) is 11.3 Å². The van der Waals surface area contributed by atoms with Crippen molar-refractivity contribution >= 4 is 23.2 Å². The first-order valence-corrected chi connectivity index (χ1v) is 7.15. The van der Waals surface area contributed by atoms with Crippen LogP contribution in [0.4, 0.5) is 0 Å². The maximum atomic E-state index is 11.9. The molecule has 5 heteroatoms. The quantitative estimate of drug-likeness (QED) is 0.889. The number of benzene rings is 1. The third kappa shape index (κ3) is 3.45. The van der Waals surface area contributed by atoms with Crippen molar-refractivity contribution in [3.63, 3.8) is 0 Å². The number of carboxylic acid groups (broad SMARTS) is 1. The average Bonchev–Trinajstić information content (AvgIpc) is 2.85. The number of hydrogen-bond donors (Lipinski definition) is 2. The van der Waals surface area contributed by atoms with E-state index < -0.39 is 5.97 Å². The van der Waals surface area contributed by atoms with Crippen LogP contribution in [-0.2, 0) is 6.42 Å². The van der Waals surface area contributed by atoms with Crippen LogP contribution in [0, 0.1) is 6.92 Å². The molecular formula is C15H15NO3S. The van der Waals surface area contributed by atoms with Gasteiger partial charge in [-0.05, 0) is 42.0 Å². The zero-order chi connectivity index (χ0) is 14.5. The van der Waals surface area contributed by atoms with Crippen LogP contribution in [0.2, 0.25) is 0 Å². The lowest BCUT2D eigenvalue weighted by Crippen LogP contribution is -2.25. The number of carbonyl (C=O) groups is 2. The van der Waals surface area contributed by atoms with Gasteiger partial charge in [0.1, 0.15) is 0 Å². The first kappa shape index (κ1) is 14.3. The van der Waals surface area contributed by atoms with Crippen molar-refractivity contribution in [2.45, 2.75) is 13.3 Å². The Morgan fingerprint density at radius 3 is 2.75 bits per heavy atom. The summed E-state index contributed by atoms with van der Waals surface area (Å²) in [7, 11) is 0. The summed E-state index contributed by atoms with van der Waals surface area (Å²) in [5.41, 5.74) is 2.84. The molecule has 0 saturated carbocycles. The molecule has 0 radical (unpaired) electrons. The summed E-state index contributed by atoms with van der Waals surface area (Å²) >= 11 is 1.50. The zero-order valence-electron chi connectivity index (χ0n) is 11.1. The minimum atomic E-state index is -0.940. The molecule has 0 bridgehead atoms. The fraction of sp³-hybridized carbons (Fsp3) is 0.200. The standard InChI is InChI=1S/C15H15NO3S/c1-10-8-20-9-13(10)14(17)16-6-5-11-3-2-4-12(7-11)15(18)19/h2-4,7-9H,5-6H2,1H3,(H,16,17)(H,18,19). The Kier molecular flexibility index (Phi) is 4.53. The third-order valence-corrected chi connectivity index (χ3v) is 3.83. The van der Waals surface area contributed by atoms with E-state index in [2.05, 4.69) is 5.32 Å². The van der Waals surface area contributed by atoms with Crippen LogP contribution in [0.3, 0.4) is 0 Å². The molecule has 104 valence electrons. The molecule has 20 heavy (non-hydrogen) atoms. The Morgan fingerprint density at radius 2 is 2.10 bits per heavy atom. The van der Waals surface area contributed by atoms with Gasteiger partial charge in [-0.15, -0.1) is 0 Å². The monoisotopic (exact) mass is 289 g/mol. The SMILES string of the molecule is Cc1cscc1C(=O)NCCc1cccc(C(=O)O)c1. The van der Waals surface area contributed by atoms with E-state index in [-0.39, 0.29) is 11.5 Å². The molecule has 1 heterocycles. The lowest BCUT2D eigenvalue weighted by Gasteiger charge is -2.06. The van der Waals surface area contributed by atoms with Crippen molar-refractivity contribution < 1.29 is 14.7 Å². The van der Waals surface area contributed by atoms with Crippen molar-refractivity contribution in [1.29, 1.82) is 0 Å². The first-order valence-electron chi connectivity index (χ1n) is 6.21. The molecule has 2 rings (SSSR count). The van der Waals surface area contributed by atoms with Gasteiger partial charge >= 0.3 is 5.97 Å². The summed E-state index contributed by atoms with van der Waals surface area (Å²) in [6.45, 7) is 2.39. The van der Waals surface area contributed by atoms with Gasteiger partial charge in [0.05, 0.1) is 11.1 Å². The second-order valence-electron chi connectivity index (χ2n) is 4.48. The molecule has 0 saturated heterocycles. The predicted molar refractivity (Wildman–Crippen MR) is 78.5 cm³/mol. The number of hydrogen-bond acceptors (Lipinski definition) is 3. The number of amides is 1. The highest BCUT2D eigenvalue weighted by atomic mass is 32.1. The summed E-state index contributed by atoms with van der Waals surface area (Å²) < 4.78 is 0. The fourth-order valence-electron chi connectivity index (χ4n) is 1.87. The summed E-state index contributed by atoms with van der Waals surface area (Å²) in [6, 6.07) is 6.75. The van der Waals surface area contributed by atoms with Crippen molar-refractivity contribution in [2.24, 2.45) is 0 Å². The Bertz CT molecular complexity index is 634. The highest BCUT2D eigenvalue weighted by Gasteiger charge is 2.09. The number of aryl methyl sites for hydroxylation is 1. The molecule has 1 amide bonds. The van der Waals surface area contributed by atoms with E-state index in [9.17, 15) is 9.59 Å². The molecule has 0 aliphatic rings. The number of rotatable bonds is 5. The largest absolute Gasteiger partial charge is 0.478 e. The smallest absolute Gasteiger partial charge is 0.335 e. The van der Waals surface area contributed by atoms with Gasteiger partial charge in [0, 0.05) is 11.9 Å². The maximum absolute atomic E-state index is 11.9. The number of carbonyl (C=O) groups excluding carboxylic acids is 1. The second kappa shape index (κ2) is 6.34. The van der Waals surface area contributed by atoms with Gasteiger partial charge in [0.15, 0.2) is 0 Å². The third-order valence-electron chi connectivity index (χ3n) is 2.97. The van der Waals surface area contributed by atoms with Crippen LogP contribution < -0.4 is 5.32 Å². The molecule has 2 aromatic rings. The molecule has 0 unspecified atom stereocenters. The van der Waals surface area contributed by atoms with Gasteiger partial charge in [-0.25, -0.2) is 4.79 Å². The second-order valence-corrected chi connectivity index (χ2v) is 5.22. The molecule has 0 spiro atoms. The fourth-order valence-corrected chi connectivity index (χ4v) is 2.70. The van der Waals surface area contributed by atoms with E-state index in [4.69, 9.17) is 5.11 Å². The number of thiophene rings is 1. The van der Waals surface area contributed by atoms with E-state index in [1.54, 1.807) is 18.2 Å². The summed E-state index contributed by atoms with van der Waals surface area (Å²) in [4.78, 5) is 22.8. The van der Waals surface area contributed by atoms with Gasteiger partial charge in [-0.2, -0.15) is 11.3 Å². The summed E-state index contributed by atoms with van der Waals surface area (Å²) in [5.74, 6) is -1.03. The van der Waals surface area contributed by atoms with Crippen LogP contribution in [0.25, 0.3) is 0 Å². The topological polar surface area (TPSA) is 66.4 Å². The minimum Gasteiger partial charge on any atom is -0.478 e. The molecule has 2 N–H and O–H groups in total. The molecule has 1 aromatic carbocycles. The Labute approximate surface area is 121 Å². The Balaban J connectivity index is 1.90. The van der Waals surface area contributed by atoms with Crippen LogP contribution in [0.15, 0.2) is 35.0 Å². The van der Waals surface area contributed by atoms with Crippen LogP contribution in [0.5, 0.6) is 0 Å². The average molecular weight is 289 g/mol. The van der Waals surface area contributed by atoms with Crippen molar-refractivity contribution in [3.8, 4) is 0 Å². The van der Waals surface area contributed by atoms with Gasteiger partial charge in [-0.1, -0.05) is 12.1 Å². The molecular weight excluding hydrogens is 274 g/mol. The predicted octanol–water partition coefficient (Wildman–Crippen LogP) is 2.73. The lowest BCUT2D eigenvalue weighted by atomic mass is 10.1. The van der Waals surface area contributed by atoms with E-state index >= 15 is 0 Å². The number of carboxylic acids is 1. The van der Waals surface area contributed by atoms with Crippen LogP contribution in [-0.4, -0.2) is 23.5 Å². The van der Waals surface area contributed by atoms with Gasteiger partial charge in [-0.3, -0.25) is 4.79 Å². The van der Waals surface area contributed by atoms with Crippen molar-refractivity contribution in [2.75, 3.05) is 6.54 Å².